The van der Waals surface area contributed by atoms with Crippen LogP contribution in [0.15, 0.2) is 0 Å². The van der Waals surface area contributed by atoms with Gasteiger partial charge in [-0.25, -0.2) is 0 Å². The van der Waals surface area contributed by atoms with E-state index in [-0.39, 0.29) is 35.0 Å². The summed E-state index contributed by atoms with van der Waals surface area (Å²) in [6, 6.07) is 0. The van der Waals surface area contributed by atoms with E-state index in [1.807, 2.05) is 0 Å². The van der Waals surface area contributed by atoms with Crippen LogP contribution in [0.3, 0.4) is 0 Å². The molecule has 5 aliphatic carbocycles. The lowest BCUT2D eigenvalue weighted by Gasteiger charge is -2.40. The summed E-state index contributed by atoms with van der Waals surface area (Å²) in [5.74, 6) is 2.30. The van der Waals surface area contributed by atoms with E-state index in [9.17, 15) is 9.59 Å². The van der Waals surface area contributed by atoms with Crippen LogP contribution in [0.25, 0.3) is 0 Å². The van der Waals surface area contributed by atoms with Gasteiger partial charge in [0.05, 0.1) is 11.8 Å². The van der Waals surface area contributed by atoms with Crippen molar-refractivity contribution in [3.8, 4) is 0 Å². The van der Waals surface area contributed by atoms with Crippen molar-refractivity contribution in [2.75, 3.05) is 0 Å². The van der Waals surface area contributed by atoms with Crippen molar-refractivity contribution >= 4 is 11.9 Å². The zero-order valence-electron chi connectivity index (χ0n) is 19.0. The molecule has 0 amide bonds. The lowest BCUT2D eigenvalue weighted by molar-refractivity contribution is -0.178. The Labute approximate surface area is 181 Å². The third kappa shape index (κ3) is 3.41. The number of rotatable bonds is 6. The highest BCUT2D eigenvalue weighted by molar-refractivity contribution is 5.77. The van der Waals surface area contributed by atoms with Gasteiger partial charge in [-0.3, -0.25) is 9.59 Å². The first-order valence-electron chi connectivity index (χ1n) is 12.9. The minimum absolute atomic E-state index is 0.0352. The van der Waals surface area contributed by atoms with Gasteiger partial charge in [0.1, 0.15) is 11.2 Å². The zero-order chi connectivity index (χ0) is 20.9. The molecule has 5 fully saturated rings. The second-order valence-corrected chi connectivity index (χ2v) is 11.4. The number of carbonyl (C=O) groups excluding carboxylic acids is 2. The summed E-state index contributed by atoms with van der Waals surface area (Å²) in [6.45, 7) is 4.35. The first-order valence-corrected chi connectivity index (χ1v) is 12.9. The molecule has 0 aromatic carbocycles. The van der Waals surface area contributed by atoms with Crippen LogP contribution in [0, 0.1) is 35.5 Å². The van der Waals surface area contributed by atoms with Crippen molar-refractivity contribution < 1.29 is 19.1 Å². The molecule has 0 radical (unpaired) electrons. The molecule has 0 heterocycles. The standard InChI is InChI=1S/C26H40O4/c1-3-25(15-17-8-10-21(25)12-17)29-23(27)19-6-5-7-20(14-19)24(28)30-26(4-2)16-18-9-11-22(26)13-18/h17-22H,3-16H2,1-2H3/t17-,18+,19?,20?,21+,22-,25+,26-. The van der Waals surface area contributed by atoms with Crippen molar-refractivity contribution in [2.45, 2.75) is 115 Å². The SMILES string of the molecule is CC[C@@]1(OC(=O)C2CCCC(C(=O)O[C@@]3(CC)C[C@@H]4CC[C@H]3C4)C2)C[C@H]2CC[C@@H]1C2. The first kappa shape index (κ1) is 20.8. The number of ether oxygens (including phenoxy) is 2. The largest absolute Gasteiger partial charge is 0.459 e. The van der Waals surface area contributed by atoms with Crippen molar-refractivity contribution in [1.82, 2.24) is 0 Å². The highest BCUT2D eigenvalue weighted by Gasteiger charge is 2.54. The van der Waals surface area contributed by atoms with Crippen molar-refractivity contribution in [1.29, 1.82) is 0 Å². The maximum Gasteiger partial charge on any atom is 0.309 e. The van der Waals surface area contributed by atoms with Crippen LogP contribution in [0.1, 0.15) is 104 Å². The fraction of sp³-hybridized carbons (Fsp3) is 0.923. The van der Waals surface area contributed by atoms with Gasteiger partial charge >= 0.3 is 11.9 Å². The zero-order valence-corrected chi connectivity index (χ0v) is 19.0. The van der Waals surface area contributed by atoms with Gasteiger partial charge in [0.25, 0.3) is 0 Å². The summed E-state index contributed by atoms with van der Waals surface area (Å²) in [4.78, 5) is 26.3. The Kier molecular flexibility index (Phi) is 5.42. The summed E-state index contributed by atoms with van der Waals surface area (Å²) in [5, 5.41) is 0. The van der Waals surface area contributed by atoms with E-state index in [2.05, 4.69) is 13.8 Å². The summed E-state index contributed by atoms with van der Waals surface area (Å²) in [6.07, 6.45) is 14.8. The topological polar surface area (TPSA) is 52.6 Å². The number of fused-ring (bicyclic) bond motifs is 4. The molecule has 2 unspecified atom stereocenters. The maximum absolute atomic E-state index is 13.2. The van der Waals surface area contributed by atoms with Gasteiger partial charge < -0.3 is 9.47 Å². The Hall–Kier alpha value is -1.06. The van der Waals surface area contributed by atoms with Gasteiger partial charge in [-0.15, -0.1) is 0 Å². The molecule has 5 rings (SSSR count). The fourth-order valence-electron chi connectivity index (χ4n) is 8.23. The molecule has 5 saturated carbocycles. The van der Waals surface area contributed by atoms with Crippen LogP contribution in [-0.2, 0) is 19.1 Å². The van der Waals surface area contributed by atoms with E-state index < -0.39 is 0 Å². The molecule has 4 nitrogen and oxygen atoms in total. The molecule has 4 heteroatoms. The minimum Gasteiger partial charge on any atom is -0.459 e. The summed E-state index contributed by atoms with van der Waals surface area (Å²) in [7, 11) is 0. The van der Waals surface area contributed by atoms with Gasteiger partial charge in [0.15, 0.2) is 0 Å². The predicted octanol–water partition coefficient (Wildman–Crippen LogP) is 5.82. The predicted molar refractivity (Wildman–Crippen MR) is 115 cm³/mol. The van der Waals surface area contributed by atoms with Crippen LogP contribution in [0.4, 0.5) is 0 Å². The Balaban J connectivity index is 1.20. The van der Waals surface area contributed by atoms with Gasteiger partial charge in [0, 0.05) is 0 Å². The molecule has 4 bridgehead atoms. The highest BCUT2D eigenvalue weighted by atomic mass is 16.6. The molecule has 8 atom stereocenters. The van der Waals surface area contributed by atoms with E-state index in [4.69, 9.17) is 9.47 Å². The average molecular weight is 417 g/mol. The van der Waals surface area contributed by atoms with Crippen LogP contribution in [-0.4, -0.2) is 23.1 Å². The van der Waals surface area contributed by atoms with Crippen LogP contribution in [0.5, 0.6) is 0 Å². The minimum atomic E-state index is -0.219. The van der Waals surface area contributed by atoms with Crippen molar-refractivity contribution in [3.63, 3.8) is 0 Å². The van der Waals surface area contributed by atoms with Gasteiger partial charge in [-0.05, 0) is 107 Å². The van der Waals surface area contributed by atoms with Gasteiger partial charge in [0.2, 0.25) is 0 Å². The van der Waals surface area contributed by atoms with Crippen molar-refractivity contribution in [3.05, 3.63) is 0 Å². The molecule has 5 aliphatic rings. The molecule has 30 heavy (non-hydrogen) atoms. The quantitative estimate of drug-likeness (QED) is 0.512. The number of hydrogen-bond donors (Lipinski definition) is 0. The Morgan fingerprint density at radius 3 is 1.50 bits per heavy atom. The molecule has 0 spiro atoms. The average Bonchev–Trinajstić information content (AvgIpc) is 3.55. The monoisotopic (exact) mass is 416 g/mol. The molecule has 0 saturated heterocycles. The molecule has 168 valence electrons. The van der Waals surface area contributed by atoms with Crippen molar-refractivity contribution in [2.24, 2.45) is 35.5 Å². The second kappa shape index (κ2) is 7.81. The van der Waals surface area contributed by atoms with E-state index >= 15 is 0 Å². The lowest BCUT2D eigenvalue weighted by Crippen LogP contribution is -2.44. The van der Waals surface area contributed by atoms with E-state index in [1.165, 1.54) is 38.5 Å². The third-order valence-electron chi connectivity index (χ3n) is 9.98. The summed E-state index contributed by atoms with van der Waals surface area (Å²) < 4.78 is 12.5. The number of hydrogen-bond acceptors (Lipinski definition) is 4. The van der Waals surface area contributed by atoms with E-state index in [1.54, 1.807) is 0 Å². The van der Waals surface area contributed by atoms with Crippen LogP contribution >= 0.6 is 0 Å². The number of carbonyl (C=O) groups is 2. The maximum atomic E-state index is 13.2. The highest BCUT2D eigenvalue weighted by Crippen LogP contribution is 2.55. The Bertz CT molecular complexity index is 633. The molecule has 0 aromatic heterocycles. The Morgan fingerprint density at radius 2 is 1.17 bits per heavy atom. The molecular formula is C26H40O4. The molecule has 0 aromatic rings. The normalized spacial score (nSPS) is 46.9. The Morgan fingerprint density at radius 1 is 0.700 bits per heavy atom. The van der Waals surface area contributed by atoms with Gasteiger partial charge in [-0.1, -0.05) is 20.3 Å². The molecular weight excluding hydrogens is 376 g/mol. The molecule has 0 N–H and O–H groups in total. The molecule has 0 aliphatic heterocycles. The fourth-order valence-corrected chi connectivity index (χ4v) is 8.23. The smallest absolute Gasteiger partial charge is 0.309 e. The second-order valence-electron chi connectivity index (χ2n) is 11.4. The first-order chi connectivity index (χ1) is 14.5. The third-order valence-corrected chi connectivity index (χ3v) is 9.98. The lowest BCUT2D eigenvalue weighted by atomic mass is 9.79. The van der Waals surface area contributed by atoms with Crippen LogP contribution in [0.2, 0.25) is 0 Å². The summed E-state index contributed by atoms with van der Waals surface area (Å²) in [5.41, 5.74) is -0.439. The number of esters is 2. The van der Waals surface area contributed by atoms with E-state index in [0.717, 1.165) is 56.8 Å². The summed E-state index contributed by atoms with van der Waals surface area (Å²) >= 11 is 0. The van der Waals surface area contributed by atoms with Gasteiger partial charge in [-0.2, -0.15) is 0 Å². The van der Waals surface area contributed by atoms with Crippen LogP contribution < -0.4 is 0 Å². The van der Waals surface area contributed by atoms with E-state index in [0.29, 0.717) is 18.3 Å².